The third-order valence-corrected chi connectivity index (χ3v) is 5.81. The van der Waals surface area contributed by atoms with E-state index >= 15 is 0 Å². The van der Waals surface area contributed by atoms with Crippen LogP contribution in [0, 0.1) is 5.82 Å². The number of fused-ring (bicyclic) bond motifs is 1. The maximum Gasteiger partial charge on any atom is 0.269 e. The first-order valence-corrected chi connectivity index (χ1v) is 11.4. The molecule has 0 saturated carbocycles. The molecule has 176 valence electrons. The minimum atomic E-state index is -0.289. The van der Waals surface area contributed by atoms with Crippen LogP contribution in [-0.2, 0) is 13.6 Å². The van der Waals surface area contributed by atoms with Gasteiger partial charge in [-0.1, -0.05) is 36.4 Å². The molecule has 0 saturated heterocycles. The number of halogens is 1. The number of nitrogens with one attached hydrogen (secondary N) is 3. The molecule has 0 aliphatic rings. The van der Waals surface area contributed by atoms with Crippen LogP contribution in [0.1, 0.15) is 16.1 Å². The summed E-state index contributed by atoms with van der Waals surface area (Å²) in [5.74, 6) is 0.282. The molecular formula is C27H25FN6O. The van der Waals surface area contributed by atoms with Gasteiger partial charge in [0.2, 0.25) is 0 Å². The summed E-state index contributed by atoms with van der Waals surface area (Å²) in [6.45, 7) is 1.85. The van der Waals surface area contributed by atoms with Crippen LogP contribution in [0.15, 0.2) is 79.0 Å². The van der Waals surface area contributed by atoms with E-state index in [4.69, 9.17) is 0 Å². The van der Waals surface area contributed by atoms with E-state index < -0.39 is 0 Å². The summed E-state index contributed by atoms with van der Waals surface area (Å²) in [5.41, 5.74) is 6.19. The van der Waals surface area contributed by atoms with Crippen molar-refractivity contribution in [3.8, 4) is 22.5 Å². The zero-order chi connectivity index (χ0) is 24.2. The predicted molar refractivity (Wildman–Crippen MR) is 134 cm³/mol. The highest BCUT2D eigenvalue weighted by Gasteiger charge is 2.09. The molecule has 0 aliphatic heterocycles. The average Bonchev–Trinajstić information content (AvgIpc) is 3.50. The Bertz CT molecular complexity index is 1490. The molecule has 3 aromatic carbocycles. The van der Waals surface area contributed by atoms with Crippen molar-refractivity contribution >= 4 is 16.9 Å². The largest absolute Gasteiger partial charge is 0.349 e. The van der Waals surface area contributed by atoms with E-state index in [-0.39, 0.29) is 11.7 Å². The van der Waals surface area contributed by atoms with Crippen LogP contribution in [0.2, 0.25) is 0 Å². The van der Waals surface area contributed by atoms with Crippen LogP contribution < -0.4 is 10.6 Å². The molecule has 3 N–H and O–H groups in total. The van der Waals surface area contributed by atoms with Crippen molar-refractivity contribution in [3.63, 3.8) is 0 Å². The van der Waals surface area contributed by atoms with Gasteiger partial charge in [0.25, 0.3) is 5.91 Å². The van der Waals surface area contributed by atoms with E-state index in [9.17, 15) is 9.18 Å². The van der Waals surface area contributed by atoms with Gasteiger partial charge < -0.3 is 15.6 Å². The Hall–Kier alpha value is -4.30. The van der Waals surface area contributed by atoms with Crippen LogP contribution >= 0.6 is 0 Å². The molecule has 2 heterocycles. The van der Waals surface area contributed by atoms with Gasteiger partial charge in [0.15, 0.2) is 0 Å². The molecule has 1 amide bonds. The van der Waals surface area contributed by atoms with Gasteiger partial charge in [-0.2, -0.15) is 5.10 Å². The SMILES string of the molecule is Cn1nccc1C(=O)NCCNCc1cccc(-c2cccc(-c3nc4ccc(F)cc4[nH]3)c2)c1. The Morgan fingerprint density at radius 3 is 2.60 bits per heavy atom. The van der Waals surface area contributed by atoms with Crippen molar-refractivity contribution in [2.75, 3.05) is 13.1 Å². The summed E-state index contributed by atoms with van der Waals surface area (Å²) in [6, 6.07) is 22.7. The van der Waals surface area contributed by atoms with Crippen molar-refractivity contribution in [1.29, 1.82) is 0 Å². The first-order chi connectivity index (χ1) is 17.1. The van der Waals surface area contributed by atoms with Gasteiger partial charge in [-0.15, -0.1) is 0 Å². The number of aromatic nitrogens is 4. The van der Waals surface area contributed by atoms with E-state index in [0.29, 0.717) is 36.7 Å². The fourth-order valence-corrected chi connectivity index (χ4v) is 4.01. The summed E-state index contributed by atoms with van der Waals surface area (Å²) in [6.07, 6.45) is 1.60. The Kier molecular flexibility index (Phi) is 6.36. The molecule has 2 aromatic heterocycles. The summed E-state index contributed by atoms with van der Waals surface area (Å²) < 4.78 is 15.1. The van der Waals surface area contributed by atoms with Crippen molar-refractivity contribution in [2.24, 2.45) is 7.05 Å². The van der Waals surface area contributed by atoms with Gasteiger partial charge in [-0.3, -0.25) is 9.48 Å². The number of aryl methyl sites for hydroxylation is 1. The number of H-pyrrole nitrogens is 1. The number of aromatic amines is 1. The highest BCUT2D eigenvalue weighted by atomic mass is 19.1. The van der Waals surface area contributed by atoms with Crippen molar-refractivity contribution in [1.82, 2.24) is 30.4 Å². The number of amides is 1. The van der Waals surface area contributed by atoms with Gasteiger partial charge in [-0.25, -0.2) is 9.37 Å². The van der Waals surface area contributed by atoms with Crippen LogP contribution in [0.4, 0.5) is 4.39 Å². The molecule has 0 unspecified atom stereocenters. The lowest BCUT2D eigenvalue weighted by Crippen LogP contribution is -2.32. The molecule has 35 heavy (non-hydrogen) atoms. The molecule has 0 fully saturated rings. The quantitative estimate of drug-likeness (QED) is 0.297. The van der Waals surface area contributed by atoms with E-state index in [0.717, 1.165) is 27.8 Å². The Morgan fingerprint density at radius 1 is 0.971 bits per heavy atom. The molecule has 0 bridgehead atoms. The number of nitrogens with zero attached hydrogens (tertiary/aromatic N) is 3. The Labute approximate surface area is 202 Å². The number of rotatable bonds is 8. The van der Waals surface area contributed by atoms with Crippen LogP contribution in [0.5, 0.6) is 0 Å². The van der Waals surface area contributed by atoms with Gasteiger partial charge in [-0.05, 0) is 53.1 Å². The zero-order valence-electron chi connectivity index (χ0n) is 19.3. The van der Waals surface area contributed by atoms with E-state index in [1.54, 1.807) is 30.1 Å². The summed E-state index contributed by atoms with van der Waals surface area (Å²) >= 11 is 0. The molecule has 5 rings (SSSR count). The Balaban J connectivity index is 1.21. The second-order valence-corrected chi connectivity index (χ2v) is 8.30. The van der Waals surface area contributed by atoms with Crippen molar-refractivity contribution < 1.29 is 9.18 Å². The number of hydrogen-bond acceptors (Lipinski definition) is 4. The molecular weight excluding hydrogens is 443 g/mol. The monoisotopic (exact) mass is 468 g/mol. The first kappa shape index (κ1) is 22.5. The van der Waals surface area contributed by atoms with Gasteiger partial charge >= 0.3 is 0 Å². The molecule has 0 spiro atoms. The summed E-state index contributed by atoms with van der Waals surface area (Å²) in [7, 11) is 1.74. The smallest absolute Gasteiger partial charge is 0.269 e. The standard InChI is InChI=1S/C27H25FN6O/c1-34-25(10-11-31-34)27(35)30-13-12-29-17-18-4-2-5-19(14-18)20-6-3-7-21(15-20)26-32-23-9-8-22(28)16-24(23)33-26/h2-11,14-16,29H,12-13,17H2,1H3,(H,30,35)(H,32,33). The number of carbonyl (C=O) groups is 1. The molecule has 0 radical (unpaired) electrons. The second-order valence-electron chi connectivity index (χ2n) is 8.30. The molecule has 0 aliphatic carbocycles. The minimum Gasteiger partial charge on any atom is -0.349 e. The van der Waals surface area contributed by atoms with Crippen molar-refractivity contribution in [2.45, 2.75) is 6.54 Å². The lowest BCUT2D eigenvalue weighted by atomic mass is 10.0. The highest BCUT2D eigenvalue weighted by Crippen LogP contribution is 2.27. The van der Waals surface area contributed by atoms with E-state index in [2.05, 4.69) is 56.0 Å². The fraction of sp³-hybridized carbons (Fsp3) is 0.148. The fourth-order valence-electron chi connectivity index (χ4n) is 4.01. The number of hydrogen-bond donors (Lipinski definition) is 3. The lowest BCUT2D eigenvalue weighted by Gasteiger charge is -2.09. The van der Waals surface area contributed by atoms with E-state index in [1.165, 1.54) is 12.1 Å². The van der Waals surface area contributed by atoms with Gasteiger partial charge in [0.05, 0.1) is 11.0 Å². The highest BCUT2D eigenvalue weighted by molar-refractivity contribution is 5.92. The minimum absolute atomic E-state index is 0.136. The number of benzene rings is 3. The molecule has 5 aromatic rings. The van der Waals surface area contributed by atoms with Gasteiger partial charge in [0.1, 0.15) is 17.3 Å². The maximum atomic E-state index is 13.5. The third-order valence-electron chi connectivity index (χ3n) is 5.81. The molecule has 8 heteroatoms. The van der Waals surface area contributed by atoms with Crippen LogP contribution in [-0.4, -0.2) is 38.7 Å². The molecule has 7 nitrogen and oxygen atoms in total. The average molecular weight is 469 g/mol. The Morgan fingerprint density at radius 2 is 1.77 bits per heavy atom. The zero-order valence-corrected chi connectivity index (χ0v) is 19.3. The van der Waals surface area contributed by atoms with Crippen molar-refractivity contribution in [3.05, 3.63) is 96.1 Å². The van der Waals surface area contributed by atoms with Gasteiger partial charge in [0, 0.05) is 38.4 Å². The van der Waals surface area contributed by atoms with Crippen LogP contribution in [0.3, 0.4) is 0 Å². The maximum absolute atomic E-state index is 13.5. The van der Waals surface area contributed by atoms with E-state index in [1.807, 2.05) is 18.2 Å². The summed E-state index contributed by atoms with van der Waals surface area (Å²) in [4.78, 5) is 19.9. The predicted octanol–water partition coefficient (Wildman–Crippen LogP) is 4.29. The summed E-state index contributed by atoms with van der Waals surface area (Å²) in [5, 5.41) is 10.3. The first-order valence-electron chi connectivity index (χ1n) is 11.4. The number of imidazole rings is 1. The van der Waals surface area contributed by atoms with Crippen LogP contribution in [0.25, 0.3) is 33.5 Å². The topological polar surface area (TPSA) is 87.6 Å². The second kappa shape index (κ2) is 9.90. The lowest BCUT2D eigenvalue weighted by molar-refractivity contribution is 0.0944. The normalized spacial score (nSPS) is 11.1. The third kappa shape index (κ3) is 5.12. The molecule has 0 atom stereocenters. The number of carbonyl (C=O) groups excluding carboxylic acids is 1.